The highest BCUT2D eigenvalue weighted by Gasteiger charge is 2.30. The number of rotatable bonds is 0. The van der Waals surface area contributed by atoms with Crippen LogP contribution in [0.3, 0.4) is 0 Å². The molecule has 0 amide bonds. The number of benzene rings is 11. The van der Waals surface area contributed by atoms with Crippen molar-refractivity contribution in [3.05, 3.63) is 126 Å². The van der Waals surface area contributed by atoms with Crippen LogP contribution in [0, 0.1) is 13.8 Å². The zero-order valence-electron chi connectivity index (χ0n) is 32.3. The molecule has 0 aliphatic heterocycles. The van der Waals surface area contributed by atoms with Crippen molar-refractivity contribution in [1.82, 2.24) is 4.98 Å². The molecule has 0 fully saturated rings. The summed E-state index contributed by atoms with van der Waals surface area (Å²) in [6.07, 6.45) is 2.12. The fourth-order valence-electron chi connectivity index (χ4n) is 10.5. The first-order valence-corrected chi connectivity index (χ1v) is 19.5. The maximum atomic E-state index is 5.26. The minimum Gasteiger partial charge on any atom is -0.256 e. The third-order valence-corrected chi connectivity index (χ3v) is 13.0. The molecule has 54 heavy (non-hydrogen) atoms. The molecule has 0 saturated carbocycles. The van der Waals surface area contributed by atoms with Gasteiger partial charge in [0.1, 0.15) is 0 Å². The van der Waals surface area contributed by atoms with E-state index < -0.39 is 0 Å². The monoisotopic (exact) mass is 691 g/mol. The molecule has 258 valence electrons. The quantitative estimate of drug-likeness (QED) is 0.114. The maximum Gasteiger partial charge on any atom is 0.0708 e. The van der Waals surface area contributed by atoms with Gasteiger partial charge in [0.25, 0.3) is 0 Å². The zero-order chi connectivity index (χ0) is 36.7. The summed E-state index contributed by atoms with van der Waals surface area (Å²) in [5, 5.41) is 28.3. The Kier molecular flexibility index (Phi) is 5.48. The van der Waals surface area contributed by atoms with Gasteiger partial charge in [0.2, 0.25) is 0 Å². The van der Waals surface area contributed by atoms with E-state index in [1.165, 1.54) is 135 Å². The fourth-order valence-corrected chi connectivity index (χ4v) is 10.5. The zero-order valence-corrected chi connectivity index (χ0v) is 32.3. The molecule has 1 aromatic heterocycles. The van der Waals surface area contributed by atoms with Crippen LogP contribution in [-0.2, 0) is 10.8 Å². The number of aromatic nitrogens is 1. The molecule has 0 atom stereocenters. The van der Waals surface area contributed by atoms with Gasteiger partial charge < -0.3 is 0 Å². The highest BCUT2D eigenvalue weighted by molar-refractivity contribution is 6.57. The van der Waals surface area contributed by atoms with E-state index in [1.54, 1.807) is 0 Å². The Bertz CT molecular complexity index is 3580. The van der Waals surface area contributed by atoms with Crippen LogP contribution in [0.4, 0.5) is 0 Å². The van der Waals surface area contributed by atoms with Gasteiger partial charge >= 0.3 is 0 Å². The molecule has 0 N–H and O–H groups in total. The van der Waals surface area contributed by atoms with E-state index in [0.29, 0.717) is 0 Å². The van der Waals surface area contributed by atoms with Crippen molar-refractivity contribution in [3.63, 3.8) is 0 Å². The first kappa shape index (κ1) is 30.6. The van der Waals surface area contributed by atoms with E-state index in [9.17, 15) is 0 Å². The molecule has 1 heterocycles. The van der Waals surface area contributed by atoms with Crippen LogP contribution in [0.5, 0.6) is 0 Å². The minimum absolute atomic E-state index is 0.0224. The van der Waals surface area contributed by atoms with E-state index in [0.717, 1.165) is 5.52 Å². The van der Waals surface area contributed by atoms with Gasteiger partial charge in [-0.05, 0) is 163 Å². The standard InChI is InChI=1S/C53H41N/c1-26-16-17-32-34(18-26)37-21-29(52(3,4)5)23-39-40-24-30(53(6,7)8)22-38-36-20-27(2)19-35-31-14-11-12-28-25-54-41-15-10-9-13-33(41)47-46(32)49(44(37)39)51(45(38)40)50(43(35)36)48(47)42(28)31/h9-25H,1-8H3. The van der Waals surface area contributed by atoms with E-state index in [4.69, 9.17) is 4.98 Å². The molecule has 11 aromatic carbocycles. The summed E-state index contributed by atoms with van der Waals surface area (Å²) in [7, 11) is 0. The van der Waals surface area contributed by atoms with Crippen molar-refractivity contribution in [2.45, 2.75) is 66.2 Å². The lowest BCUT2D eigenvalue weighted by atomic mass is 9.74. The van der Waals surface area contributed by atoms with E-state index in [2.05, 4.69) is 159 Å². The van der Waals surface area contributed by atoms with Crippen molar-refractivity contribution in [2.75, 3.05) is 0 Å². The third kappa shape index (κ3) is 3.63. The highest BCUT2D eigenvalue weighted by atomic mass is 14.6. The summed E-state index contributed by atoms with van der Waals surface area (Å²) in [5.41, 5.74) is 6.32. The number of para-hydroxylation sites is 1. The Balaban J connectivity index is 1.60. The summed E-state index contributed by atoms with van der Waals surface area (Å²) in [5.74, 6) is 0. The number of aryl methyl sites for hydroxylation is 2. The summed E-state index contributed by atoms with van der Waals surface area (Å²) in [6.45, 7) is 18.7. The molecular weight excluding hydrogens is 651 g/mol. The van der Waals surface area contributed by atoms with Gasteiger partial charge in [-0.25, -0.2) is 0 Å². The summed E-state index contributed by atoms with van der Waals surface area (Å²) in [6, 6.07) is 38.0. The lowest BCUT2D eigenvalue weighted by molar-refractivity contribution is 0.591. The van der Waals surface area contributed by atoms with Crippen LogP contribution in [0.1, 0.15) is 63.8 Å². The number of fused-ring (bicyclic) bond motifs is 9. The van der Waals surface area contributed by atoms with Gasteiger partial charge in [0, 0.05) is 27.7 Å². The van der Waals surface area contributed by atoms with Crippen LogP contribution >= 0.6 is 0 Å². The van der Waals surface area contributed by atoms with Crippen molar-refractivity contribution in [3.8, 4) is 0 Å². The molecule has 0 unspecified atom stereocenters. The molecule has 0 radical (unpaired) electrons. The summed E-state index contributed by atoms with van der Waals surface area (Å²) >= 11 is 0. The number of hydrogen-bond acceptors (Lipinski definition) is 1. The molecule has 0 bridgehead atoms. The van der Waals surface area contributed by atoms with Crippen molar-refractivity contribution >= 4 is 119 Å². The topological polar surface area (TPSA) is 12.9 Å². The molecule has 1 nitrogen and oxygen atoms in total. The Morgan fingerprint density at radius 1 is 0.352 bits per heavy atom. The second-order valence-electron chi connectivity index (χ2n) is 18.5. The molecule has 0 aliphatic rings. The molecule has 12 rings (SSSR count). The van der Waals surface area contributed by atoms with Gasteiger partial charge in [-0.2, -0.15) is 0 Å². The highest BCUT2D eigenvalue weighted by Crippen LogP contribution is 2.58. The van der Waals surface area contributed by atoms with E-state index in [-0.39, 0.29) is 10.8 Å². The molecular formula is C53H41N. The van der Waals surface area contributed by atoms with Gasteiger partial charge in [0.15, 0.2) is 0 Å². The largest absolute Gasteiger partial charge is 0.256 e. The molecule has 12 aromatic rings. The van der Waals surface area contributed by atoms with Crippen molar-refractivity contribution < 1.29 is 0 Å². The van der Waals surface area contributed by atoms with Crippen LogP contribution in [0.25, 0.3) is 119 Å². The van der Waals surface area contributed by atoms with Crippen molar-refractivity contribution in [1.29, 1.82) is 0 Å². The average molecular weight is 692 g/mol. The molecule has 1 heteroatoms. The smallest absolute Gasteiger partial charge is 0.0708 e. The maximum absolute atomic E-state index is 5.26. The number of hydrogen-bond donors (Lipinski definition) is 0. The third-order valence-electron chi connectivity index (χ3n) is 13.0. The molecule has 0 spiro atoms. The Labute approximate surface area is 314 Å². The van der Waals surface area contributed by atoms with Crippen LogP contribution in [0.15, 0.2) is 103 Å². The van der Waals surface area contributed by atoms with Crippen LogP contribution in [0.2, 0.25) is 0 Å². The van der Waals surface area contributed by atoms with Gasteiger partial charge in [-0.3, -0.25) is 4.98 Å². The summed E-state index contributed by atoms with van der Waals surface area (Å²) in [4.78, 5) is 5.26. The van der Waals surface area contributed by atoms with Crippen LogP contribution < -0.4 is 0 Å². The second kappa shape index (κ2) is 9.65. The minimum atomic E-state index is -0.0247. The van der Waals surface area contributed by atoms with Gasteiger partial charge in [-0.1, -0.05) is 114 Å². The summed E-state index contributed by atoms with van der Waals surface area (Å²) < 4.78 is 0. The lowest BCUT2D eigenvalue weighted by Crippen LogP contribution is -2.12. The average Bonchev–Trinajstić information content (AvgIpc) is 3.13. The normalized spacial score (nSPS) is 13.6. The first-order valence-electron chi connectivity index (χ1n) is 19.5. The van der Waals surface area contributed by atoms with Crippen LogP contribution in [-0.4, -0.2) is 4.98 Å². The van der Waals surface area contributed by atoms with Gasteiger partial charge in [-0.15, -0.1) is 0 Å². The van der Waals surface area contributed by atoms with E-state index in [1.807, 2.05) is 0 Å². The van der Waals surface area contributed by atoms with E-state index >= 15 is 0 Å². The molecule has 0 aliphatic carbocycles. The Morgan fingerprint density at radius 2 is 0.815 bits per heavy atom. The SMILES string of the molecule is Cc1ccc2c(c1)c1cc(C(C)(C)C)cc3c4cc(C(C)(C)C)cc5c6cc(C)cc7c8cccc9cnc%10ccccc%10c%10c2c(c13)c(c45)c(c76)c%10c98. The predicted molar refractivity (Wildman–Crippen MR) is 237 cm³/mol. The van der Waals surface area contributed by atoms with Gasteiger partial charge in [0.05, 0.1) is 5.52 Å². The number of nitrogens with zero attached hydrogens (tertiary/aromatic N) is 1. The molecule has 0 saturated heterocycles. The fraction of sp³-hybridized carbons (Fsp3) is 0.189. The lowest BCUT2D eigenvalue weighted by Gasteiger charge is -2.29. The first-order chi connectivity index (χ1) is 25.9. The predicted octanol–water partition coefficient (Wildman–Crippen LogP) is 15.3. The van der Waals surface area contributed by atoms with Crippen molar-refractivity contribution in [2.24, 2.45) is 0 Å². The Morgan fingerprint density at radius 3 is 1.44 bits per heavy atom. The second-order valence-corrected chi connectivity index (χ2v) is 18.5. The Hall–Kier alpha value is -5.79.